The molecule has 0 aliphatic carbocycles. The Hall–Kier alpha value is -1.29. The van der Waals surface area contributed by atoms with Crippen molar-refractivity contribution < 1.29 is 4.79 Å². The minimum absolute atomic E-state index is 0.0543. The average molecular weight is 249 g/mol. The summed E-state index contributed by atoms with van der Waals surface area (Å²) in [6.07, 6.45) is 4.02. The van der Waals surface area contributed by atoms with Crippen molar-refractivity contribution >= 4 is 5.91 Å². The van der Waals surface area contributed by atoms with Crippen LogP contribution in [-0.4, -0.2) is 30.5 Å². The van der Waals surface area contributed by atoms with Gasteiger partial charge >= 0.3 is 0 Å². The van der Waals surface area contributed by atoms with Gasteiger partial charge in [0.05, 0.1) is 5.92 Å². The Morgan fingerprint density at radius 3 is 3.00 bits per heavy atom. The fraction of sp³-hybridized carbons (Fsp3) is 0.643. The number of nitrogens with one attached hydrogen (secondary N) is 3. The number of piperidine rings is 1. The lowest BCUT2D eigenvalue weighted by Gasteiger charge is -2.27. The van der Waals surface area contributed by atoms with E-state index in [0.717, 1.165) is 31.6 Å². The Balaban J connectivity index is 1.85. The van der Waals surface area contributed by atoms with Crippen LogP contribution in [-0.2, 0) is 10.2 Å². The van der Waals surface area contributed by atoms with E-state index in [9.17, 15) is 4.79 Å². The van der Waals surface area contributed by atoms with Gasteiger partial charge in [-0.25, -0.2) is 0 Å². The van der Waals surface area contributed by atoms with Crippen molar-refractivity contribution in [3.05, 3.63) is 24.0 Å². The lowest BCUT2D eigenvalue weighted by atomic mass is 9.89. The zero-order valence-corrected chi connectivity index (χ0v) is 11.3. The highest BCUT2D eigenvalue weighted by atomic mass is 16.1. The Labute approximate surface area is 109 Å². The fourth-order valence-electron chi connectivity index (χ4n) is 2.37. The molecule has 100 valence electrons. The molecule has 0 bridgehead atoms. The third-order valence-corrected chi connectivity index (χ3v) is 3.70. The Morgan fingerprint density at radius 1 is 1.56 bits per heavy atom. The number of carbonyl (C=O) groups is 1. The quantitative estimate of drug-likeness (QED) is 0.755. The second-order valence-corrected chi connectivity index (χ2v) is 5.73. The molecule has 1 aliphatic rings. The molecule has 18 heavy (non-hydrogen) atoms. The molecular formula is C14H23N3O. The van der Waals surface area contributed by atoms with Gasteiger partial charge in [-0.3, -0.25) is 4.79 Å². The minimum Gasteiger partial charge on any atom is -0.364 e. The van der Waals surface area contributed by atoms with Gasteiger partial charge in [-0.05, 0) is 31.5 Å². The monoisotopic (exact) mass is 249 g/mol. The summed E-state index contributed by atoms with van der Waals surface area (Å²) in [7, 11) is 0. The Bertz CT molecular complexity index is 378. The maximum Gasteiger partial charge on any atom is 0.224 e. The van der Waals surface area contributed by atoms with Gasteiger partial charge in [0, 0.05) is 30.4 Å². The van der Waals surface area contributed by atoms with Gasteiger partial charge in [0.25, 0.3) is 0 Å². The SMILES string of the molecule is CC(C)(CNC(=O)C1CCCNC1)c1ccc[nH]1. The molecule has 1 amide bonds. The topological polar surface area (TPSA) is 56.9 Å². The number of amides is 1. The van der Waals surface area contributed by atoms with Crippen molar-refractivity contribution in [2.75, 3.05) is 19.6 Å². The van der Waals surface area contributed by atoms with E-state index in [1.54, 1.807) is 0 Å². The average Bonchev–Trinajstić information content (AvgIpc) is 2.92. The molecule has 0 saturated carbocycles. The highest BCUT2D eigenvalue weighted by molar-refractivity contribution is 5.79. The summed E-state index contributed by atoms with van der Waals surface area (Å²) in [5.74, 6) is 0.319. The molecule has 0 radical (unpaired) electrons. The van der Waals surface area contributed by atoms with Crippen molar-refractivity contribution in [1.82, 2.24) is 15.6 Å². The Kier molecular flexibility index (Phi) is 4.07. The van der Waals surface area contributed by atoms with Crippen LogP contribution in [0.2, 0.25) is 0 Å². The van der Waals surface area contributed by atoms with Crippen LogP contribution in [0.1, 0.15) is 32.4 Å². The van der Waals surface area contributed by atoms with Crippen molar-refractivity contribution in [3.8, 4) is 0 Å². The smallest absolute Gasteiger partial charge is 0.224 e. The lowest BCUT2D eigenvalue weighted by Crippen LogP contribution is -2.44. The van der Waals surface area contributed by atoms with Gasteiger partial charge in [-0.15, -0.1) is 0 Å². The second kappa shape index (κ2) is 5.57. The van der Waals surface area contributed by atoms with Crippen LogP contribution < -0.4 is 10.6 Å². The van der Waals surface area contributed by atoms with Gasteiger partial charge in [0.15, 0.2) is 0 Å². The van der Waals surface area contributed by atoms with Gasteiger partial charge in [-0.2, -0.15) is 0 Å². The molecule has 1 saturated heterocycles. The van der Waals surface area contributed by atoms with E-state index in [4.69, 9.17) is 0 Å². The summed E-state index contributed by atoms with van der Waals surface area (Å²) >= 11 is 0. The molecular weight excluding hydrogens is 226 g/mol. The molecule has 0 spiro atoms. The first-order chi connectivity index (χ1) is 8.59. The van der Waals surface area contributed by atoms with Crippen molar-refractivity contribution in [2.24, 2.45) is 5.92 Å². The number of hydrogen-bond acceptors (Lipinski definition) is 2. The van der Waals surface area contributed by atoms with Crippen LogP contribution in [0.4, 0.5) is 0 Å². The summed E-state index contributed by atoms with van der Waals surface area (Å²) in [5, 5.41) is 6.36. The van der Waals surface area contributed by atoms with Gasteiger partial charge in [0.1, 0.15) is 0 Å². The maximum absolute atomic E-state index is 12.1. The molecule has 4 heteroatoms. The molecule has 1 unspecified atom stereocenters. The first-order valence-corrected chi connectivity index (χ1v) is 6.72. The molecule has 1 atom stereocenters. The molecule has 2 rings (SSSR count). The summed E-state index contributed by atoms with van der Waals surface area (Å²) in [6.45, 7) is 6.80. The molecule has 1 aromatic rings. The number of carbonyl (C=O) groups excluding carboxylic acids is 1. The number of H-pyrrole nitrogens is 1. The third-order valence-electron chi connectivity index (χ3n) is 3.70. The van der Waals surface area contributed by atoms with E-state index in [0.29, 0.717) is 6.54 Å². The molecule has 2 heterocycles. The van der Waals surface area contributed by atoms with Gasteiger partial charge < -0.3 is 15.6 Å². The number of aromatic amines is 1. The van der Waals surface area contributed by atoms with E-state index in [-0.39, 0.29) is 17.2 Å². The first kappa shape index (κ1) is 13.1. The van der Waals surface area contributed by atoms with E-state index < -0.39 is 0 Å². The van der Waals surface area contributed by atoms with Crippen LogP contribution >= 0.6 is 0 Å². The predicted molar refractivity (Wildman–Crippen MR) is 72.4 cm³/mol. The second-order valence-electron chi connectivity index (χ2n) is 5.73. The highest BCUT2D eigenvalue weighted by Gasteiger charge is 2.25. The standard InChI is InChI=1S/C14H23N3O/c1-14(2,12-6-4-8-16-12)10-17-13(18)11-5-3-7-15-9-11/h4,6,8,11,15-16H,3,5,7,9-10H2,1-2H3,(H,17,18). The van der Waals surface area contributed by atoms with E-state index >= 15 is 0 Å². The van der Waals surface area contributed by atoms with Crippen molar-refractivity contribution in [2.45, 2.75) is 32.1 Å². The van der Waals surface area contributed by atoms with Crippen LogP contribution in [0, 0.1) is 5.92 Å². The van der Waals surface area contributed by atoms with E-state index in [2.05, 4.69) is 35.5 Å². The van der Waals surface area contributed by atoms with Crippen LogP contribution in [0.15, 0.2) is 18.3 Å². The lowest BCUT2D eigenvalue weighted by molar-refractivity contribution is -0.125. The van der Waals surface area contributed by atoms with Crippen LogP contribution in [0.5, 0.6) is 0 Å². The molecule has 1 aromatic heterocycles. The van der Waals surface area contributed by atoms with Crippen molar-refractivity contribution in [3.63, 3.8) is 0 Å². The fourth-order valence-corrected chi connectivity index (χ4v) is 2.37. The maximum atomic E-state index is 12.1. The molecule has 0 aromatic carbocycles. The molecule has 4 nitrogen and oxygen atoms in total. The summed E-state index contributed by atoms with van der Waals surface area (Å²) in [6, 6.07) is 4.05. The number of rotatable bonds is 4. The van der Waals surface area contributed by atoms with Crippen LogP contribution in [0.25, 0.3) is 0 Å². The normalized spacial score (nSPS) is 20.7. The zero-order chi connectivity index (χ0) is 13.0. The summed E-state index contributed by atoms with van der Waals surface area (Å²) in [5.41, 5.74) is 1.10. The van der Waals surface area contributed by atoms with E-state index in [1.165, 1.54) is 0 Å². The number of aromatic nitrogens is 1. The summed E-state index contributed by atoms with van der Waals surface area (Å²) < 4.78 is 0. The Morgan fingerprint density at radius 2 is 2.39 bits per heavy atom. The summed E-state index contributed by atoms with van der Waals surface area (Å²) in [4.78, 5) is 15.3. The van der Waals surface area contributed by atoms with Gasteiger partial charge in [0.2, 0.25) is 5.91 Å². The van der Waals surface area contributed by atoms with E-state index in [1.807, 2.05) is 12.3 Å². The number of hydrogen-bond donors (Lipinski definition) is 3. The van der Waals surface area contributed by atoms with Crippen LogP contribution in [0.3, 0.4) is 0 Å². The van der Waals surface area contributed by atoms with Gasteiger partial charge in [-0.1, -0.05) is 13.8 Å². The molecule has 3 N–H and O–H groups in total. The molecule has 1 aliphatic heterocycles. The van der Waals surface area contributed by atoms with Crippen molar-refractivity contribution in [1.29, 1.82) is 0 Å². The zero-order valence-electron chi connectivity index (χ0n) is 11.3. The molecule has 1 fully saturated rings. The minimum atomic E-state index is -0.0543. The first-order valence-electron chi connectivity index (χ1n) is 6.72. The predicted octanol–water partition coefficient (Wildman–Crippen LogP) is 1.41. The largest absolute Gasteiger partial charge is 0.364 e. The highest BCUT2D eigenvalue weighted by Crippen LogP contribution is 2.20. The third kappa shape index (κ3) is 3.13.